The van der Waals surface area contributed by atoms with Gasteiger partial charge in [-0.15, -0.1) is 0 Å². The van der Waals surface area contributed by atoms with Crippen LogP contribution in [0.1, 0.15) is 25.8 Å². The summed E-state index contributed by atoms with van der Waals surface area (Å²) in [5.41, 5.74) is 2.79. The monoisotopic (exact) mass is 430 g/mol. The Balaban J connectivity index is 1.69. The molecular weight excluding hydrogens is 400 g/mol. The highest BCUT2D eigenvalue weighted by atomic mass is 32.3. The average molecular weight is 431 g/mol. The van der Waals surface area contributed by atoms with Gasteiger partial charge < -0.3 is 0 Å². The fourth-order valence-corrected chi connectivity index (χ4v) is 8.05. The molecule has 2 heteroatoms. The van der Waals surface area contributed by atoms with Crippen molar-refractivity contribution in [1.29, 1.82) is 0 Å². The van der Waals surface area contributed by atoms with Crippen molar-refractivity contribution in [2.24, 2.45) is 0 Å². The first-order chi connectivity index (χ1) is 14.6. The van der Waals surface area contributed by atoms with E-state index in [0.717, 1.165) is 12.8 Å². The number of rotatable bonds is 6. The van der Waals surface area contributed by atoms with Crippen LogP contribution in [0.2, 0.25) is 0 Å². The molecule has 0 spiro atoms. The predicted octanol–water partition coefficient (Wildman–Crippen LogP) is 8.53. The SMILES string of the molecule is CCc1ccc(S(C)(c2ccc(Sc3ccccc3)cc2)C2C=CC(C)=CC2)cc1. The van der Waals surface area contributed by atoms with Gasteiger partial charge in [-0.2, -0.15) is 10.0 Å². The smallest absolute Gasteiger partial charge is 0.0181 e. The summed E-state index contributed by atoms with van der Waals surface area (Å²) in [5.74, 6) is 0. The van der Waals surface area contributed by atoms with Crippen molar-refractivity contribution in [2.45, 2.75) is 51.5 Å². The lowest BCUT2D eigenvalue weighted by Gasteiger charge is -2.44. The predicted molar refractivity (Wildman–Crippen MR) is 134 cm³/mol. The minimum atomic E-state index is -1.18. The van der Waals surface area contributed by atoms with Gasteiger partial charge in [-0.25, -0.2) is 0 Å². The molecule has 0 aromatic heterocycles. The van der Waals surface area contributed by atoms with Gasteiger partial charge in [0, 0.05) is 15.0 Å². The quantitative estimate of drug-likeness (QED) is 0.377. The Hall–Kier alpha value is -2.16. The Morgan fingerprint density at radius 3 is 2.00 bits per heavy atom. The van der Waals surface area contributed by atoms with Crippen LogP contribution in [0.15, 0.2) is 122 Å². The highest BCUT2D eigenvalue weighted by Crippen LogP contribution is 2.65. The number of benzene rings is 3. The molecule has 3 aromatic carbocycles. The van der Waals surface area contributed by atoms with E-state index in [1.807, 2.05) is 11.8 Å². The largest absolute Gasteiger partial charge is 0.184 e. The Morgan fingerprint density at radius 2 is 1.43 bits per heavy atom. The van der Waals surface area contributed by atoms with Gasteiger partial charge in [0.1, 0.15) is 0 Å². The molecule has 0 saturated carbocycles. The molecule has 0 nitrogen and oxygen atoms in total. The molecule has 0 radical (unpaired) electrons. The van der Waals surface area contributed by atoms with Crippen LogP contribution in [0.4, 0.5) is 0 Å². The maximum atomic E-state index is 2.50. The topological polar surface area (TPSA) is 0 Å². The standard InChI is InChI=1S/C28H30S2/c1-4-23-12-18-27(19-13-23)30(3,26-16-10-22(2)11-17-26)28-20-14-25(15-21-28)29-24-8-6-5-7-9-24/h5-16,18-21,26H,4,17H2,1-3H3. The minimum absolute atomic E-state index is 0.529. The van der Waals surface area contributed by atoms with Gasteiger partial charge in [0.2, 0.25) is 0 Å². The van der Waals surface area contributed by atoms with E-state index in [-0.39, 0.29) is 0 Å². The van der Waals surface area contributed by atoms with Gasteiger partial charge in [0.15, 0.2) is 0 Å². The van der Waals surface area contributed by atoms with Crippen LogP contribution < -0.4 is 0 Å². The molecule has 154 valence electrons. The number of hydrogen-bond acceptors (Lipinski definition) is 1. The third-order valence-corrected chi connectivity index (χ3v) is 11.0. The summed E-state index contributed by atoms with van der Waals surface area (Å²) in [6.07, 6.45) is 11.9. The van der Waals surface area contributed by atoms with Crippen molar-refractivity contribution >= 4 is 21.8 Å². The van der Waals surface area contributed by atoms with E-state index >= 15 is 0 Å². The van der Waals surface area contributed by atoms with E-state index in [4.69, 9.17) is 0 Å². The van der Waals surface area contributed by atoms with Crippen molar-refractivity contribution in [2.75, 3.05) is 6.26 Å². The van der Waals surface area contributed by atoms with E-state index in [2.05, 4.69) is 117 Å². The highest BCUT2D eigenvalue weighted by Gasteiger charge is 2.31. The molecule has 1 aliphatic carbocycles. The number of aryl methyl sites for hydroxylation is 1. The van der Waals surface area contributed by atoms with Crippen molar-refractivity contribution in [1.82, 2.24) is 0 Å². The van der Waals surface area contributed by atoms with Crippen LogP contribution in [-0.2, 0) is 6.42 Å². The van der Waals surface area contributed by atoms with Crippen LogP contribution in [0, 0.1) is 0 Å². The van der Waals surface area contributed by atoms with Crippen molar-refractivity contribution in [3.05, 3.63) is 108 Å². The molecule has 0 saturated heterocycles. The van der Waals surface area contributed by atoms with Gasteiger partial charge in [-0.3, -0.25) is 0 Å². The number of allylic oxidation sites excluding steroid dienone is 3. The fourth-order valence-electron chi connectivity index (χ4n) is 3.97. The Kier molecular flexibility index (Phi) is 6.55. The summed E-state index contributed by atoms with van der Waals surface area (Å²) in [6.45, 7) is 4.42. The van der Waals surface area contributed by atoms with Crippen LogP contribution in [0.25, 0.3) is 0 Å². The second kappa shape index (κ2) is 9.32. The number of hydrogen-bond donors (Lipinski definition) is 0. The lowest BCUT2D eigenvalue weighted by Crippen LogP contribution is -2.18. The van der Waals surface area contributed by atoms with E-state index in [1.165, 1.54) is 30.7 Å². The van der Waals surface area contributed by atoms with Crippen molar-refractivity contribution in [3.63, 3.8) is 0 Å². The second-order valence-electron chi connectivity index (χ2n) is 7.95. The maximum absolute atomic E-state index is 2.50. The van der Waals surface area contributed by atoms with Gasteiger partial charge in [-0.05, 0) is 89.9 Å². The van der Waals surface area contributed by atoms with E-state index in [0.29, 0.717) is 5.25 Å². The molecule has 0 aliphatic heterocycles. The summed E-state index contributed by atoms with van der Waals surface area (Å²) < 4.78 is 0. The van der Waals surface area contributed by atoms with Crippen LogP contribution in [-0.4, -0.2) is 11.5 Å². The second-order valence-corrected chi connectivity index (χ2v) is 12.6. The summed E-state index contributed by atoms with van der Waals surface area (Å²) in [7, 11) is -1.18. The van der Waals surface area contributed by atoms with Gasteiger partial charge >= 0.3 is 0 Å². The molecule has 0 heterocycles. The van der Waals surface area contributed by atoms with Gasteiger partial charge in [0.05, 0.1) is 0 Å². The molecule has 30 heavy (non-hydrogen) atoms. The van der Waals surface area contributed by atoms with E-state index < -0.39 is 10.0 Å². The molecule has 3 aromatic rings. The van der Waals surface area contributed by atoms with Gasteiger partial charge in [-0.1, -0.05) is 72.8 Å². The zero-order chi connectivity index (χ0) is 21.0. The zero-order valence-corrected chi connectivity index (χ0v) is 19.7. The summed E-state index contributed by atoms with van der Waals surface area (Å²) in [4.78, 5) is 5.52. The molecule has 1 aliphatic rings. The summed E-state index contributed by atoms with van der Waals surface area (Å²) >= 11 is 1.83. The molecule has 4 rings (SSSR count). The molecule has 0 bridgehead atoms. The maximum Gasteiger partial charge on any atom is 0.0181 e. The van der Waals surface area contributed by atoms with E-state index in [1.54, 1.807) is 0 Å². The molecule has 0 amide bonds. The lowest BCUT2D eigenvalue weighted by atomic mass is 10.1. The third-order valence-electron chi connectivity index (χ3n) is 5.96. The molecule has 2 unspecified atom stereocenters. The Morgan fingerprint density at radius 1 is 0.833 bits per heavy atom. The summed E-state index contributed by atoms with van der Waals surface area (Å²) in [5, 5.41) is 0.529. The molecule has 0 N–H and O–H groups in total. The van der Waals surface area contributed by atoms with Crippen LogP contribution in [0.3, 0.4) is 0 Å². The molecule has 0 fully saturated rings. The first-order valence-corrected chi connectivity index (χ1v) is 13.6. The minimum Gasteiger partial charge on any atom is -0.184 e. The first kappa shape index (κ1) is 21.1. The zero-order valence-electron chi connectivity index (χ0n) is 18.0. The van der Waals surface area contributed by atoms with Crippen molar-refractivity contribution in [3.8, 4) is 0 Å². The third kappa shape index (κ3) is 4.45. The average Bonchev–Trinajstić information content (AvgIpc) is 2.80. The first-order valence-electron chi connectivity index (χ1n) is 10.6. The highest BCUT2D eigenvalue weighted by molar-refractivity contribution is 8.33. The Bertz CT molecular complexity index is 1030. The van der Waals surface area contributed by atoms with Crippen molar-refractivity contribution < 1.29 is 0 Å². The van der Waals surface area contributed by atoms with Gasteiger partial charge in [0.25, 0.3) is 0 Å². The normalized spacial score (nSPS) is 19.0. The molecule has 2 atom stereocenters. The Labute approximate surface area is 187 Å². The molecular formula is C28H30S2. The fraction of sp³-hybridized carbons (Fsp3) is 0.214. The summed E-state index contributed by atoms with van der Waals surface area (Å²) in [6, 6.07) is 29.3. The van der Waals surface area contributed by atoms with Crippen LogP contribution >= 0.6 is 21.8 Å². The van der Waals surface area contributed by atoms with E-state index in [9.17, 15) is 0 Å². The lowest BCUT2D eigenvalue weighted by molar-refractivity contribution is 1.01. The van der Waals surface area contributed by atoms with Crippen LogP contribution in [0.5, 0.6) is 0 Å².